The number of hydrogen-bond acceptors (Lipinski definition) is 3. The van der Waals surface area contributed by atoms with Crippen LogP contribution in [0.2, 0.25) is 5.02 Å². The fourth-order valence-electron chi connectivity index (χ4n) is 2.28. The summed E-state index contributed by atoms with van der Waals surface area (Å²) in [6.45, 7) is 1.63. The number of fused-ring (bicyclic) bond motifs is 1. The van der Waals surface area contributed by atoms with Crippen molar-refractivity contribution in [2.45, 2.75) is 6.92 Å². The number of carboxylic acid groups (broad SMARTS) is 1. The van der Waals surface area contributed by atoms with Crippen molar-refractivity contribution in [2.24, 2.45) is 0 Å². The van der Waals surface area contributed by atoms with Crippen LogP contribution in [0.25, 0.3) is 22.4 Å². The Balaban J connectivity index is 2.45. The second kappa shape index (κ2) is 4.86. The summed E-state index contributed by atoms with van der Waals surface area (Å²) < 4.78 is 18.9. The average molecular weight is 306 g/mol. The number of aromatic carboxylic acids is 1. The molecule has 1 aromatic carbocycles. The molecule has 21 heavy (non-hydrogen) atoms. The molecule has 0 saturated heterocycles. The van der Waals surface area contributed by atoms with Crippen molar-refractivity contribution in [3.05, 3.63) is 52.5 Å². The van der Waals surface area contributed by atoms with Crippen molar-refractivity contribution >= 4 is 28.5 Å². The third-order valence-corrected chi connectivity index (χ3v) is 3.53. The first-order valence-electron chi connectivity index (χ1n) is 6.05. The fraction of sp³-hybridized carbons (Fsp3) is 0.0667. The number of pyridine rings is 1. The van der Waals surface area contributed by atoms with Gasteiger partial charge in [-0.1, -0.05) is 11.6 Å². The topological polar surface area (TPSA) is 63.3 Å². The van der Waals surface area contributed by atoms with Crippen LogP contribution in [0.1, 0.15) is 15.9 Å². The molecule has 0 fully saturated rings. The van der Waals surface area contributed by atoms with Crippen LogP contribution in [0, 0.1) is 12.7 Å². The maximum Gasteiger partial charge on any atom is 0.336 e. The molecular weight excluding hydrogens is 297 g/mol. The zero-order valence-electron chi connectivity index (χ0n) is 10.9. The summed E-state index contributed by atoms with van der Waals surface area (Å²) in [6, 6.07) is 5.74. The third-order valence-electron chi connectivity index (χ3n) is 3.24. The van der Waals surface area contributed by atoms with Crippen LogP contribution in [0.3, 0.4) is 0 Å². The number of rotatable bonds is 2. The molecule has 0 aliphatic heterocycles. The van der Waals surface area contributed by atoms with Gasteiger partial charge in [0, 0.05) is 11.5 Å². The van der Waals surface area contributed by atoms with Gasteiger partial charge in [0.1, 0.15) is 11.5 Å². The van der Waals surface area contributed by atoms with E-state index in [0.717, 1.165) is 6.07 Å². The Morgan fingerprint density at radius 2 is 2.19 bits per heavy atom. The smallest absolute Gasteiger partial charge is 0.336 e. The van der Waals surface area contributed by atoms with Gasteiger partial charge in [-0.15, -0.1) is 0 Å². The van der Waals surface area contributed by atoms with Gasteiger partial charge < -0.3 is 9.52 Å². The predicted molar refractivity (Wildman–Crippen MR) is 76.1 cm³/mol. The first-order valence-corrected chi connectivity index (χ1v) is 6.43. The highest BCUT2D eigenvalue weighted by molar-refractivity contribution is 6.31. The molecule has 2 aromatic heterocycles. The second-order valence-electron chi connectivity index (χ2n) is 4.53. The van der Waals surface area contributed by atoms with Gasteiger partial charge in [-0.25, -0.2) is 14.2 Å². The number of nitrogens with zero attached hydrogens (tertiary/aromatic N) is 1. The van der Waals surface area contributed by atoms with E-state index in [1.807, 2.05) is 0 Å². The molecule has 3 aromatic rings. The number of hydrogen-bond donors (Lipinski definition) is 1. The van der Waals surface area contributed by atoms with Gasteiger partial charge in [0.15, 0.2) is 5.76 Å². The lowest BCUT2D eigenvalue weighted by molar-refractivity contribution is 0.0698. The highest BCUT2D eigenvalue weighted by atomic mass is 35.5. The minimum absolute atomic E-state index is 0.0355. The van der Waals surface area contributed by atoms with Crippen LogP contribution in [0.4, 0.5) is 4.39 Å². The molecule has 2 heterocycles. The molecule has 0 bridgehead atoms. The quantitative estimate of drug-likeness (QED) is 0.767. The number of furan rings is 1. The van der Waals surface area contributed by atoms with Gasteiger partial charge in [0.05, 0.1) is 22.4 Å². The Kier molecular flexibility index (Phi) is 3.14. The van der Waals surface area contributed by atoms with Crippen molar-refractivity contribution in [1.29, 1.82) is 0 Å². The number of carbonyl (C=O) groups is 1. The molecule has 0 radical (unpaired) electrons. The van der Waals surface area contributed by atoms with Crippen molar-refractivity contribution in [1.82, 2.24) is 4.98 Å². The standard InChI is InChI=1S/C15H9ClFNO3/c1-7-13(15(19)20)8-5-9(16)10(17)6-11(8)18-14(7)12-3-2-4-21-12/h2-6H,1H3,(H,19,20). The van der Waals surface area contributed by atoms with E-state index in [-0.39, 0.29) is 16.1 Å². The van der Waals surface area contributed by atoms with Crippen LogP contribution in [0.5, 0.6) is 0 Å². The van der Waals surface area contributed by atoms with E-state index in [2.05, 4.69) is 4.98 Å². The van der Waals surface area contributed by atoms with E-state index in [1.54, 1.807) is 19.1 Å². The van der Waals surface area contributed by atoms with Gasteiger partial charge in [0.25, 0.3) is 0 Å². The monoisotopic (exact) mass is 305 g/mol. The molecule has 0 atom stereocenters. The normalized spacial score (nSPS) is 11.0. The Morgan fingerprint density at radius 3 is 2.81 bits per heavy atom. The van der Waals surface area contributed by atoms with Gasteiger partial charge in [-0.2, -0.15) is 0 Å². The largest absolute Gasteiger partial charge is 0.478 e. The number of benzene rings is 1. The minimum atomic E-state index is -1.13. The van der Waals surface area contributed by atoms with Gasteiger partial charge >= 0.3 is 5.97 Å². The second-order valence-corrected chi connectivity index (χ2v) is 4.93. The zero-order valence-corrected chi connectivity index (χ0v) is 11.6. The van der Waals surface area contributed by atoms with Crippen molar-refractivity contribution in [3.63, 3.8) is 0 Å². The number of carboxylic acids is 1. The Morgan fingerprint density at radius 1 is 1.43 bits per heavy atom. The summed E-state index contributed by atoms with van der Waals surface area (Å²) in [5.74, 6) is -1.36. The maximum atomic E-state index is 13.6. The minimum Gasteiger partial charge on any atom is -0.478 e. The summed E-state index contributed by atoms with van der Waals surface area (Å²) in [5, 5.41) is 9.60. The predicted octanol–water partition coefficient (Wildman–Crippen LogP) is 4.29. The van der Waals surface area contributed by atoms with E-state index in [9.17, 15) is 14.3 Å². The lowest BCUT2D eigenvalue weighted by atomic mass is 10.0. The molecular formula is C15H9ClFNO3. The van der Waals surface area contributed by atoms with Gasteiger partial charge in [-0.3, -0.25) is 0 Å². The highest BCUT2D eigenvalue weighted by Crippen LogP contribution is 2.32. The molecule has 6 heteroatoms. The average Bonchev–Trinajstić information content (AvgIpc) is 2.93. The Bertz CT molecular complexity index is 859. The Hall–Kier alpha value is -2.40. The summed E-state index contributed by atoms with van der Waals surface area (Å²) >= 11 is 5.74. The number of halogens is 2. The molecule has 0 aliphatic carbocycles. The van der Waals surface area contributed by atoms with E-state index in [0.29, 0.717) is 22.4 Å². The van der Waals surface area contributed by atoms with Crippen molar-refractivity contribution in [2.75, 3.05) is 0 Å². The van der Waals surface area contributed by atoms with Crippen LogP contribution in [0.15, 0.2) is 34.9 Å². The summed E-state index contributed by atoms with van der Waals surface area (Å²) in [5.41, 5.74) is 1.05. The molecule has 0 amide bonds. The Labute approximate surface area is 123 Å². The van der Waals surface area contributed by atoms with Crippen LogP contribution < -0.4 is 0 Å². The van der Waals surface area contributed by atoms with E-state index in [4.69, 9.17) is 16.0 Å². The van der Waals surface area contributed by atoms with Crippen molar-refractivity contribution < 1.29 is 18.7 Å². The molecule has 0 aliphatic rings. The van der Waals surface area contributed by atoms with Crippen molar-refractivity contribution in [3.8, 4) is 11.5 Å². The number of aromatic nitrogens is 1. The van der Waals surface area contributed by atoms with E-state index >= 15 is 0 Å². The van der Waals surface area contributed by atoms with Crippen LogP contribution in [-0.4, -0.2) is 16.1 Å². The van der Waals surface area contributed by atoms with Crippen LogP contribution >= 0.6 is 11.6 Å². The third kappa shape index (κ3) is 2.15. The first-order chi connectivity index (χ1) is 9.99. The molecule has 0 unspecified atom stereocenters. The lowest BCUT2D eigenvalue weighted by Crippen LogP contribution is -2.05. The molecule has 3 rings (SSSR count). The fourth-order valence-corrected chi connectivity index (χ4v) is 2.45. The van der Waals surface area contributed by atoms with Crippen LogP contribution in [-0.2, 0) is 0 Å². The molecule has 1 N–H and O–H groups in total. The lowest BCUT2D eigenvalue weighted by Gasteiger charge is -2.11. The summed E-state index contributed by atoms with van der Waals surface area (Å²) in [6.07, 6.45) is 1.46. The van der Waals surface area contributed by atoms with Gasteiger partial charge in [0.2, 0.25) is 0 Å². The van der Waals surface area contributed by atoms with E-state index in [1.165, 1.54) is 12.3 Å². The SMILES string of the molecule is Cc1c(-c2ccco2)nc2cc(F)c(Cl)cc2c1C(=O)O. The first kappa shape index (κ1) is 13.6. The molecule has 106 valence electrons. The summed E-state index contributed by atoms with van der Waals surface area (Å²) in [4.78, 5) is 15.9. The highest BCUT2D eigenvalue weighted by Gasteiger charge is 2.20. The maximum absolute atomic E-state index is 13.6. The summed E-state index contributed by atoms with van der Waals surface area (Å²) in [7, 11) is 0. The van der Waals surface area contributed by atoms with Gasteiger partial charge in [-0.05, 0) is 30.7 Å². The molecule has 0 spiro atoms. The van der Waals surface area contributed by atoms with E-state index < -0.39 is 11.8 Å². The molecule has 4 nitrogen and oxygen atoms in total. The zero-order chi connectivity index (χ0) is 15.1. The molecule has 0 saturated carbocycles.